The monoisotopic (exact) mass is 258 g/mol. The standard InChI is InChI=1S/C15H18N2O2/c16-11-15-13(5-4-8-17-15)12-18-9-10-19-14-6-2-1-3-7-14/h1-8H,9-12,16H2. The van der Waals surface area contributed by atoms with E-state index < -0.39 is 0 Å². The van der Waals surface area contributed by atoms with Gasteiger partial charge in [0.05, 0.1) is 18.9 Å². The van der Waals surface area contributed by atoms with Crippen molar-refractivity contribution < 1.29 is 9.47 Å². The van der Waals surface area contributed by atoms with Gasteiger partial charge in [-0.15, -0.1) is 0 Å². The van der Waals surface area contributed by atoms with Crippen molar-refractivity contribution in [2.45, 2.75) is 13.2 Å². The van der Waals surface area contributed by atoms with Gasteiger partial charge in [-0.05, 0) is 18.2 Å². The van der Waals surface area contributed by atoms with Crippen LogP contribution in [0.1, 0.15) is 11.3 Å². The number of para-hydroxylation sites is 1. The molecule has 1 aromatic heterocycles. The molecule has 0 radical (unpaired) electrons. The van der Waals surface area contributed by atoms with E-state index in [-0.39, 0.29) is 0 Å². The van der Waals surface area contributed by atoms with Crippen LogP contribution in [0, 0.1) is 0 Å². The fourth-order valence-corrected chi connectivity index (χ4v) is 1.70. The van der Waals surface area contributed by atoms with Crippen LogP contribution in [-0.4, -0.2) is 18.2 Å². The number of benzene rings is 1. The minimum Gasteiger partial charge on any atom is -0.491 e. The molecule has 0 amide bonds. The Hall–Kier alpha value is -1.91. The molecular weight excluding hydrogens is 240 g/mol. The highest BCUT2D eigenvalue weighted by Gasteiger charge is 2.01. The average Bonchev–Trinajstić information content (AvgIpc) is 2.48. The van der Waals surface area contributed by atoms with Crippen molar-refractivity contribution in [1.29, 1.82) is 0 Å². The van der Waals surface area contributed by atoms with E-state index in [0.717, 1.165) is 17.0 Å². The minimum absolute atomic E-state index is 0.431. The molecule has 0 spiro atoms. The lowest BCUT2D eigenvalue weighted by Crippen LogP contribution is -2.09. The maximum Gasteiger partial charge on any atom is 0.119 e. The fraction of sp³-hybridized carbons (Fsp3) is 0.267. The summed E-state index contributed by atoms with van der Waals surface area (Å²) >= 11 is 0. The van der Waals surface area contributed by atoms with Gasteiger partial charge in [0.15, 0.2) is 0 Å². The molecule has 0 saturated carbocycles. The Morgan fingerprint density at radius 1 is 1.00 bits per heavy atom. The number of nitrogens with two attached hydrogens (primary N) is 1. The first kappa shape index (κ1) is 13.5. The van der Waals surface area contributed by atoms with Crippen molar-refractivity contribution in [1.82, 2.24) is 4.98 Å². The SMILES string of the molecule is NCc1ncccc1COCCOc1ccccc1. The second kappa shape index (κ2) is 7.51. The van der Waals surface area contributed by atoms with Crippen LogP contribution >= 0.6 is 0 Å². The van der Waals surface area contributed by atoms with Crippen molar-refractivity contribution in [3.8, 4) is 5.75 Å². The Morgan fingerprint density at radius 2 is 1.84 bits per heavy atom. The number of hydrogen-bond donors (Lipinski definition) is 1. The first-order valence-corrected chi connectivity index (χ1v) is 6.28. The Kier molecular flexibility index (Phi) is 5.34. The predicted molar refractivity (Wildman–Crippen MR) is 73.7 cm³/mol. The molecule has 100 valence electrons. The molecule has 0 saturated heterocycles. The minimum atomic E-state index is 0.431. The van der Waals surface area contributed by atoms with Crippen LogP contribution in [-0.2, 0) is 17.9 Å². The van der Waals surface area contributed by atoms with Crippen LogP contribution in [0.2, 0.25) is 0 Å². The van der Waals surface area contributed by atoms with E-state index in [0.29, 0.717) is 26.4 Å². The van der Waals surface area contributed by atoms with Gasteiger partial charge in [0.1, 0.15) is 12.4 Å². The molecule has 0 aliphatic heterocycles. The molecule has 4 heteroatoms. The van der Waals surface area contributed by atoms with Gasteiger partial charge in [0.25, 0.3) is 0 Å². The summed E-state index contributed by atoms with van der Waals surface area (Å²) in [7, 11) is 0. The van der Waals surface area contributed by atoms with E-state index in [1.165, 1.54) is 0 Å². The molecular formula is C15H18N2O2. The van der Waals surface area contributed by atoms with E-state index in [1.54, 1.807) is 6.20 Å². The van der Waals surface area contributed by atoms with Crippen molar-refractivity contribution in [2.75, 3.05) is 13.2 Å². The lowest BCUT2D eigenvalue weighted by atomic mass is 10.2. The Bertz CT molecular complexity index is 489. The number of nitrogens with zero attached hydrogens (tertiary/aromatic N) is 1. The quantitative estimate of drug-likeness (QED) is 0.773. The van der Waals surface area contributed by atoms with Gasteiger partial charge in [0, 0.05) is 18.3 Å². The second-order valence-corrected chi connectivity index (χ2v) is 4.03. The first-order chi connectivity index (χ1) is 9.40. The van der Waals surface area contributed by atoms with E-state index in [1.807, 2.05) is 42.5 Å². The molecule has 1 aromatic carbocycles. The zero-order valence-electron chi connectivity index (χ0n) is 10.8. The summed E-state index contributed by atoms with van der Waals surface area (Å²) in [5, 5.41) is 0. The highest BCUT2D eigenvalue weighted by Crippen LogP contribution is 2.09. The number of pyridine rings is 1. The molecule has 4 nitrogen and oxygen atoms in total. The number of ether oxygens (including phenoxy) is 2. The Labute approximate surface area is 113 Å². The largest absolute Gasteiger partial charge is 0.491 e. The molecule has 0 atom stereocenters. The summed E-state index contributed by atoms with van der Waals surface area (Å²) in [6.07, 6.45) is 1.74. The third-order valence-corrected chi connectivity index (χ3v) is 2.68. The highest BCUT2D eigenvalue weighted by molar-refractivity contribution is 5.21. The average molecular weight is 258 g/mol. The van der Waals surface area contributed by atoms with Gasteiger partial charge in [-0.2, -0.15) is 0 Å². The van der Waals surface area contributed by atoms with Crippen molar-refractivity contribution in [3.63, 3.8) is 0 Å². The van der Waals surface area contributed by atoms with Crippen molar-refractivity contribution >= 4 is 0 Å². The van der Waals surface area contributed by atoms with E-state index in [4.69, 9.17) is 15.2 Å². The molecule has 0 aliphatic carbocycles. The number of aromatic nitrogens is 1. The normalized spacial score (nSPS) is 10.4. The first-order valence-electron chi connectivity index (χ1n) is 6.28. The summed E-state index contributed by atoms with van der Waals surface area (Å²) in [4.78, 5) is 4.21. The van der Waals surface area contributed by atoms with Gasteiger partial charge in [0.2, 0.25) is 0 Å². The van der Waals surface area contributed by atoms with Crippen LogP contribution in [0.4, 0.5) is 0 Å². The molecule has 2 N–H and O–H groups in total. The smallest absolute Gasteiger partial charge is 0.119 e. The van der Waals surface area contributed by atoms with Gasteiger partial charge in [-0.1, -0.05) is 24.3 Å². The van der Waals surface area contributed by atoms with E-state index >= 15 is 0 Å². The predicted octanol–water partition coefficient (Wildman–Crippen LogP) is 2.14. The molecule has 0 bridgehead atoms. The lowest BCUT2D eigenvalue weighted by molar-refractivity contribution is 0.0883. The zero-order chi connectivity index (χ0) is 13.3. The topological polar surface area (TPSA) is 57.4 Å². The van der Waals surface area contributed by atoms with Crippen LogP contribution in [0.3, 0.4) is 0 Å². The number of rotatable bonds is 7. The summed E-state index contributed by atoms with van der Waals surface area (Å²) in [5.74, 6) is 0.857. The van der Waals surface area contributed by atoms with Crippen LogP contribution in [0.5, 0.6) is 5.75 Å². The third kappa shape index (κ3) is 4.35. The molecule has 2 aromatic rings. The summed E-state index contributed by atoms with van der Waals surface area (Å²) in [5.41, 5.74) is 7.53. The molecule has 0 aliphatic rings. The molecule has 2 rings (SSSR count). The van der Waals surface area contributed by atoms with Crippen molar-refractivity contribution in [3.05, 3.63) is 59.9 Å². The highest BCUT2D eigenvalue weighted by atomic mass is 16.5. The van der Waals surface area contributed by atoms with E-state index in [2.05, 4.69) is 4.98 Å². The maximum absolute atomic E-state index is 5.61. The number of hydrogen-bond acceptors (Lipinski definition) is 4. The van der Waals surface area contributed by atoms with Gasteiger partial charge in [-0.25, -0.2) is 0 Å². The van der Waals surface area contributed by atoms with Crippen LogP contribution in [0.25, 0.3) is 0 Å². The molecule has 0 unspecified atom stereocenters. The van der Waals surface area contributed by atoms with Crippen LogP contribution in [0.15, 0.2) is 48.7 Å². The van der Waals surface area contributed by atoms with E-state index in [9.17, 15) is 0 Å². The summed E-state index contributed by atoms with van der Waals surface area (Å²) in [6, 6.07) is 13.6. The molecule has 0 fully saturated rings. The van der Waals surface area contributed by atoms with Crippen molar-refractivity contribution in [2.24, 2.45) is 5.73 Å². The fourth-order valence-electron chi connectivity index (χ4n) is 1.70. The Balaban J connectivity index is 1.69. The summed E-state index contributed by atoms with van der Waals surface area (Å²) < 4.78 is 11.1. The lowest BCUT2D eigenvalue weighted by Gasteiger charge is -2.09. The summed E-state index contributed by atoms with van der Waals surface area (Å²) in [6.45, 7) is 2.01. The second-order valence-electron chi connectivity index (χ2n) is 4.03. The third-order valence-electron chi connectivity index (χ3n) is 2.68. The molecule has 19 heavy (non-hydrogen) atoms. The van der Waals surface area contributed by atoms with Gasteiger partial charge in [-0.3, -0.25) is 4.98 Å². The maximum atomic E-state index is 5.61. The molecule has 1 heterocycles. The zero-order valence-corrected chi connectivity index (χ0v) is 10.8. The van der Waals surface area contributed by atoms with Gasteiger partial charge >= 0.3 is 0 Å². The van der Waals surface area contributed by atoms with Crippen LogP contribution < -0.4 is 10.5 Å². The Morgan fingerprint density at radius 3 is 2.63 bits per heavy atom. The van der Waals surface area contributed by atoms with Gasteiger partial charge < -0.3 is 15.2 Å².